The van der Waals surface area contributed by atoms with Crippen LogP contribution in [-0.2, 0) is 6.42 Å². The Balaban J connectivity index is 1.50. The number of halogens is 1. The Labute approximate surface area is 145 Å². The summed E-state index contributed by atoms with van der Waals surface area (Å²) in [7, 11) is 0. The van der Waals surface area contributed by atoms with Gasteiger partial charge >= 0.3 is 6.03 Å². The third kappa shape index (κ3) is 4.39. The van der Waals surface area contributed by atoms with Crippen molar-refractivity contribution in [3.63, 3.8) is 0 Å². The largest absolute Gasteiger partial charge is 0.370 e. The quantitative estimate of drug-likeness (QED) is 0.842. The van der Waals surface area contributed by atoms with E-state index in [4.69, 9.17) is 11.6 Å². The second-order valence-electron chi connectivity index (χ2n) is 5.57. The molecular weight excluding hydrogens is 330 g/mol. The summed E-state index contributed by atoms with van der Waals surface area (Å²) in [4.78, 5) is 15.5. The SMILES string of the molecule is O=C(NCCc1cccs1)Nc1ccc(N2CCCC2)c(Cl)c1. The van der Waals surface area contributed by atoms with E-state index in [9.17, 15) is 4.79 Å². The minimum atomic E-state index is -0.202. The summed E-state index contributed by atoms with van der Waals surface area (Å²) in [5.41, 5.74) is 1.76. The molecule has 0 atom stereocenters. The van der Waals surface area contributed by atoms with Gasteiger partial charge in [-0.05, 0) is 48.9 Å². The van der Waals surface area contributed by atoms with Crippen molar-refractivity contribution in [2.45, 2.75) is 19.3 Å². The van der Waals surface area contributed by atoms with E-state index in [0.29, 0.717) is 17.3 Å². The minimum absolute atomic E-state index is 0.202. The number of anilines is 2. The van der Waals surface area contributed by atoms with Crippen molar-refractivity contribution in [1.82, 2.24) is 5.32 Å². The Morgan fingerprint density at radius 3 is 2.78 bits per heavy atom. The molecular formula is C17H20ClN3OS. The maximum Gasteiger partial charge on any atom is 0.319 e. The first-order valence-electron chi connectivity index (χ1n) is 7.84. The molecule has 1 aliphatic rings. The van der Waals surface area contributed by atoms with Gasteiger partial charge in [0.25, 0.3) is 0 Å². The average molecular weight is 350 g/mol. The van der Waals surface area contributed by atoms with Gasteiger partial charge in [-0.3, -0.25) is 0 Å². The standard InChI is InChI=1S/C17H20ClN3OS/c18-15-12-13(5-6-16(15)21-9-1-2-10-21)20-17(22)19-8-7-14-4-3-11-23-14/h3-6,11-12H,1-2,7-10H2,(H2,19,20,22). The highest BCUT2D eigenvalue weighted by molar-refractivity contribution is 7.09. The fourth-order valence-electron chi connectivity index (χ4n) is 2.73. The lowest BCUT2D eigenvalue weighted by Gasteiger charge is -2.19. The predicted octanol–water partition coefficient (Wildman–Crippen LogP) is 4.37. The lowest BCUT2D eigenvalue weighted by molar-refractivity contribution is 0.252. The zero-order valence-electron chi connectivity index (χ0n) is 12.8. The van der Waals surface area contributed by atoms with Crippen LogP contribution in [0.4, 0.5) is 16.2 Å². The fraction of sp³-hybridized carbons (Fsp3) is 0.353. The van der Waals surface area contributed by atoms with Crippen molar-refractivity contribution in [2.24, 2.45) is 0 Å². The predicted molar refractivity (Wildman–Crippen MR) is 97.9 cm³/mol. The zero-order chi connectivity index (χ0) is 16.1. The van der Waals surface area contributed by atoms with Crippen LogP contribution in [-0.4, -0.2) is 25.7 Å². The smallest absolute Gasteiger partial charge is 0.319 e. The number of hydrogen-bond acceptors (Lipinski definition) is 3. The summed E-state index contributed by atoms with van der Waals surface area (Å²) in [6.07, 6.45) is 3.27. The van der Waals surface area contributed by atoms with E-state index < -0.39 is 0 Å². The van der Waals surface area contributed by atoms with Gasteiger partial charge in [0.2, 0.25) is 0 Å². The molecule has 1 aliphatic heterocycles. The van der Waals surface area contributed by atoms with Gasteiger partial charge < -0.3 is 15.5 Å². The van der Waals surface area contributed by atoms with Crippen molar-refractivity contribution in [3.8, 4) is 0 Å². The first-order chi connectivity index (χ1) is 11.2. The molecule has 0 spiro atoms. The molecule has 2 aromatic rings. The van der Waals surface area contributed by atoms with Crippen LogP contribution in [0, 0.1) is 0 Å². The maximum absolute atomic E-state index is 11.9. The van der Waals surface area contributed by atoms with Crippen LogP contribution in [0.1, 0.15) is 17.7 Å². The van der Waals surface area contributed by atoms with Crippen molar-refractivity contribution < 1.29 is 4.79 Å². The molecule has 2 N–H and O–H groups in total. The van der Waals surface area contributed by atoms with E-state index in [1.807, 2.05) is 29.6 Å². The number of nitrogens with one attached hydrogen (secondary N) is 2. The summed E-state index contributed by atoms with van der Waals surface area (Å²) in [5, 5.41) is 8.42. The zero-order valence-corrected chi connectivity index (χ0v) is 14.4. The van der Waals surface area contributed by atoms with Gasteiger partial charge in [0.15, 0.2) is 0 Å². The van der Waals surface area contributed by atoms with Gasteiger partial charge in [-0.15, -0.1) is 11.3 Å². The number of amides is 2. The Morgan fingerprint density at radius 2 is 2.09 bits per heavy atom. The first-order valence-corrected chi connectivity index (χ1v) is 9.10. The number of urea groups is 1. The molecule has 122 valence electrons. The van der Waals surface area contributed by atoms with Crippen molar-refractivity contribution in [1.29, 1.82) is 0 Å². The molecule has 4 nitrogen and oxygen atoms in total. The normalized spacial score (nSPS) is 14.0. The van der Waals surface area contributed by atoms with Gasteiger partial charge in [0.05, 0.1) is 10.7 Å². The highest BCUT2D eigenvalue weighted by Crippen LogP contribution is 2.31. The molecule has 1 aromatic carbocycles. The Kier molecular flexibility index (Phi) is 5.41. The maximum atomic E-state index is 11.9. The fourth-order valence-corrected chi connectivity index (χ4v) is 3.74. The molecule has 0 radical (unpaired) electrons. The van der Waals surface area contributed by atoms with E-state index in [1.54, 1.807) is 11.3 Å². The van der Waals surface area contributed by atoms with Crippen LogP contribution in [0.5, 0.6) is 0 Å². The molecule has 1 fully saturated rings. The molecule has 23 heavy (non-hydrogen) atoms. The van der Waals surface area contributed by atoms with Crippen LogP contribution >= 0.6 is 22.9 Å². The molecule has 0 aliphatic carbocycles. The third-order valence-corrected chi connectivity index (χ3v) is 5.13. The van der Waals surface area contributed by atoms with Crippen LogP contribution < -0.4 is 15.5 Å². The van der Waals surface area contributed by atoms with E-state index >= 15 is 0 Å². The molecule has 3 rings (SSSR count). The summed E-state index contributed by atoms with van der Waals surface area (Å²) in [6, 6.07) is 9.58. The van der Waals surface area contributed by atoms with E-state index in [2.05, 4.69) is 21.6 Å². The summed E-state index contributed by atoms with van der Waals surface area (Å²) >= 11 is 8.05. The number of hydrogen-bond donors (Lipinski definition) is 2. The molecule has 0 bridgehead atoms. The lowest BCUT2D eigenvalue weighted by atomic mass is 10.2. The molecule has 1 saturated heterocycles. The minimum Gasteiger partial charge on any atom is -0.370 e. The summed E-state index contributed by atoms with van der Waals surface area (Å²) in [5.74, 6) is 0. The summed E-state index contributed by atoms with van der Waals surface area (Å²) in [6.45, 7) is 2.72. The molecule has 2 heterocycles. The lowest BCUT2D eigenvalue weighted by Crippen LogP contribution is -2.30. The van der Waals surface area contributed by atoms with Crippen LogP contribution in [0.3, 0.4) is 0 Å². The number of nitrogens with zero attached hydrogens (tertiary/aromatic N) is 1. The van der Waals surface area contributed by atoms with E-state index in [0.717, 1.165) is 25.2 Å². The van der Waals surface area contributed by atoms with Gasteiger partial charge in [0.1, 0.15) is 0 Å². The Bertz CT molecular complexity index is 654. The van der Waals surface area contributed by atoms with Gasteiger partial charge in [-0.25, -0.2) is 4.79 Å². The topological polar surface area (TPSA) is 44.4 Å². The number of carbonyl (C=O) groups excluding carboxylic acids is 1. The van der Waals surface area contributed by atoms with Crippen molar-refractivity contribution in [2.75, 3.05) is 29.9 Å². The van der Waals surface area contributed by atoms with Gasteiger partial charge in [0, 0.05) is 30.2 Å². The van der Waals surface area contributed by atoms with Crippen molar-refractivity contribution >= 4 is 40.3 Å². The van der Waals surface area contributed by atoms with Crippen LogP contribution in [0.15, 0.2) is 35.7 Å². The van der Waals surface area contributed by atoms with E-state index in [-0.39, 0.29) is 6.03 Å². The molecule has 1 aromatic heterocycles. The first kappa shape index (κ1) is 16.1. The van der Waals surface area contributed by atoms with Crippen molar-refractivity contribution in [3.05, 3.63) is 45.6 Å². The Hall–Kier alpha value is -1.72. The number of benzene rings is 1. The molecule has 0 unspecified atom stereocenters. The van der Waals surface area contributed by atoms with Gasteiger partial charge in [-0.2, -0.15) is 0 Å². The monoisotopic (exact) mass is 349 g/mol. The van der Waals surface area contributed by atoms with Crippen LogP contribution in [0.2, 0.25) is 5.02 Å². The number of thiophene rings is 1. The van der Waals surface area contributed by atoms with Crippen LogP contribution in [0.25, 0.3) is 0 Å². The Morgan fingerprint density at radius 1 is 1.26 bits per heavy atom. The highest BCUT2D eigenvalue weighted by Gasteiger charge is 2.15. The molecule has 2 amide bonds. The second-order valence-corrected chi connectivity index (χ2v) is 7.01. The number of rotatable bonds is 5. The molecule has 0 saturated carbocycles. The number of carbonyl (C=O) groups is 1. The second kappa shape index (κ2) is 7.70. The third-order valence-electron chi connectivity index (χ3n) is 3.89. The van der Waals surface area contributed by atoms with E-state index in [1.165, 1.54) is 17.7 Å². The average Bonchev–Trinajstić information content (AvgIpc) is 3.20. The van der Waals surface area contributed by atoms with Gasteiger partial charge in [-0.1, -0.05) is 17.7 Å². The highest BCUT2D eigenvalue weighted by atomic mass is 35.5. The molecule has 6 heteroatoms. The summed E-state index contributed by atoms with van der Waals surface area (Å²) < 4.78 is 0.